The van der Waals surface area contributed by atoms with E-state index in [9.17, 15) is 19.8 Å². The Morgan fingerprint density at radius 3 is 2.75 bits per heavy atom. The number of hydrogen-bond donors (Lipinski definition) is 2. The van der Waals surface area contributed by atoms with E-state index < -0.39 is 11.8 Å². The van der Waals surface area contributed by atoms with Crippen molar-refractivity contribution in [2.45, 2.75) is 51.7 Å². The van der Waals surface area contributed by atoms with Crippen LogP contribution in [-0.4, -0.2) is 46.2 Å². The number of aliphatic hydroxyl groups is 1. The maximum Gasteiger partial charge on any atom is 0.234 e. The number of likely N-dealkylation sites (tertiary alicyclic amines) is 1. The molecule has 2 N–H and O–H groups in total. The predicted molar refractivity (Wildman–Crippen MR) is 139 cm³/mol. The van der Waals surface area contributed by atoms with E-state index in [1.807, 2.05) is 29.6 Å². The van der Waals surface area contributed by atoms with Gasteiger partial charge in [0, 0.05) is 10.8 Å². The SMILES string of the molecule is CCC/C(=C\c1cccc(O)c1)CC[C@H]1OC[C@H]2C1=C(CO)C[C@H]1C(=O)N(Cc3cccs3)C(=O)[C@H]12. The van der Waals surface area contributed by atoms with Crippen molar-refractivity contribution in [2.75, 3.05) is 13.2 Å². The van der Waals surface area contributed by atoms with Gasteiger partial charge < -0.3 is 14.9 Å². The zero-order valence-corrected chi connectivity index (χ0v) is 21.4. The number of aliphatic hydroxyl groups excluding tert-OH is 1. The van der Waals surface area contributed by atoms with E-state index in [1.165, 1.54) is 10.5 Å². The zero-order chi connectivity index (χ0) is 25.2. The molecule has 190 valence electrons. The van der Waals surface area contributed by atoms with Crippen LogP contribution in [0.25, 0.3) is 6.08 Å². The van der Waals surface area contributed by atoms with Gasteiger partial charge in [-0.05, 0) is 66.0 Å². The highest BCUT2D eigenvalue weighted by atomic mass is 32.1. The number of aromatic hydroxyl groups is 1. The van der Waals surface area contributed by atoms with Crippen molar-refractivity contribution in [1.82, 2.24) is 4.90 Å². The van der Waals surface area contributed by atoms with E-state index in [0.29, 0.717) is 19.6 Å². The van der Waals surface area contributed by atoms with E-state index >= 15 is 0 Å². The molecule has 0 radical (unpaired) electrons. The molecular weight excluding hydrogens is 474 g/mol. The molecule has 6 nitrogen and oxygen atoms in total. The normalized spacial score (nSPS) is 26.1. The summed E-state index contributed by atoms with van der Waals surface area (Å²) in [6.45, 7) is 2.78. The van der Waals surface area contributed by atoms with Crippen molar-refractivity contribution < 1.29 is 24.5 Å². The van der Waals surface area contributed by atoms with E-state index in [4.69, 9.17) is 4.74 Å². The minimum absolute atomic E-state index is 0.0995. The Morgan fingerprint density at radius 2 is 2.03 bits per heavy atom. The number of carbonyl (C=O) groups is 2. The van der Waals surface area contributed by atoms with Crippen LogP contribution in [0.5, 0.6) is 5.75 Å². The van der Waals surface area contributed by atoms with Crippen LogP contribution in [0.2, 0.25) is 0 Å². The summed E-state index contributed by atoms with van der Waals surface area (Å²) in [6.07, 6.45) is 5.97. The number of ether oxygens (including phenoxy) is 1. The summed E-state index contributed by atoms with van der Waals surface area (Å²) < 4.78 is 6.25. The van der Waals surface area contributed by atoms with Gasteiger partial charge in [0.1, 0.15) is 5.75 Å². The van der Waals surface area contributed by atoms with Crippen LogP contribution in [0.4, 0.5) is 0 Å². The van der Waals surface area contributed by atoms with Gasteiger partial charge in [-0.25, -0.2) is 0 Å². The largest absolute Gasteiger partial charge is 0.508 e. The van der Waals surface area contributed by atoms with Crippen LogP contribution in [0.3, 0.4) is 0 Å². The van der Waals surface area contributed by atoms with Gasteiger partial charge in [0.15, 0.2) is 0 Å². The molecule has 2 saturated heterocycles. The Labute approximate surface area is 215 Å². The molecule has 1 aliphatic carbocycles. The molecule has 0 unspecified atom stereocenters. The molecule has 5 rings (SSSR count). The van der Waals surface area contributed by atoms with Crippen molar-refractivity contribution in [3.05, 3.63) is 68.9 Å². The number of nitrogens with zero attached hydrogens (tertiary/aromatic N) is 1. The molecule has 3 heterocycles. The van der Waals surface area contributed by atoms with Gasteiger partial charge in [0.25, 0.3) is 0 Å². The van der Waals surface area contributed by atoms with Gasteiger partial charge in [0.2, 0.25) is 11.8 Å². The summed E-state index contributed by atoms with van der Waals surface area (Å²) in [5, 5.41) is 22.0. The Hall–Kier alpha value is -2.74. The van der Waals surface area contributed by atoms with Gasteiger partial charge >= 0.3 is 0 Å². The minimum atomic E-state index is -0.406. The number of benzene rings is 1. The van der Waals surface area contributed by atoms with Gasteiger partial charge in [-0.3, -0.25) is 14.5 Å². The molecule has 0 saturated carbocycles. The zero-order valence-electron chi connectivity index (χ0n) is 20.6. The van der Waals surface area contributed by atoms with Crippen LogP contribution < -0.4 is 0 Å². The number of imide groups is 1. The third-order valence-corrected chi connectivity index (χ3v) is 8.59. The second-order valence-electron chi connectivity index (χ2n) is 10.0. The maximum absolute atomic E-state index is 13.4. The van der Waals surface area contributed by atoms with Crippen LogP contribution in [-0.2, 0) is 20.9 Å². The number of rotatable bonds is 9. The summed E-state index contributed by atoms with van der Waals surface area (Å²) in [4.78, 5) is 29.1. The molecule has 0 spiro atoms. The van der Waals surface area contributed by atoms with Gasteiger partial charge in [-0.2, -0.15) is 0 Å². The van der Waals surface area contributed by atoms with Crippen molar-refractivity contribution in [3.63, 3.8) is 0 Å². The standard InChI is InChI=1S/C29H33NO5S/c1-2-5-18(12-19-6-3-7-21(32)13-19)9-10-25-26-20(16-31)14-23-27(24(26)17-35-25)29(34)30(28(23)33)15-22-8-4-11-36-22/h3-4,6-8,11-13,23-25,27,31-32H,2,5,9-10,14-17H2,1H3/b18-12+/t23-,24+,25-,27-/m1/s1. The highest BCUT2D eigenvalue weighted by Gasteiger charge is 2.56. The molecule has 1 aromatic heterocycles. The van der Waals surface area contributed by atoms with Crippen molar-refractivity contribution in [2.24, 2.45) is 17.8 Å². The molecule has 2 fully saturated rings. The number of amides is 2. The Morgan fingerprint density at radius 1 is 1.17 bits per heavy atom. The quantitative estimate of drug-likeness (QED) is 0.371. The molecule has 2 aromatic rings. The monoisotopic (exact) mass is 507 g/mol. The summed E-state index contributed by atoms with van der Waals surface area (Å²) >= 11 is 1.55. The molecule has 2 amide bonds. The highest BCUT2D eigenvalue weighted by Crippen LogP contribution is 2.50. The summed E-state index contributed by atoms with van der Waals surface area (Å²) in [5.74, 6) is -0.920. The number of carbonyl (C=O) groups excluding carboxylic acids is 2. The first-order valence-corrected chi connectivity index (χ1v) is 13.7. The summed E-state index contributed by atoms with van der Waals surface area (Å²) in [5.41, 5.74) is 4.17. The van der Waals surface area contributed by atoms with Crippen molar-refractivity contribution in [3.8, 4) is 5.75 Å². The first kappa shape index (κ1) is 24.9. The topological polar surface area (TPSA) is 87.1 Å². The molecule has 3 aliphatic rings. The minimum Gasteiger partial charge on any atom is -0.508 e. The molecule has 2 aliphatic heterocycles. The molecule has 7 heteroatoms. The average Bonchev–Trinajstić information content (AvgIpc) is 3.59. The van der Waals surface area contributed by atoms with E-state index in [1.54, 1.807) is 23.5 Å². The second-order valence-corrected chi connectivity index (χ2v) is 11.0. The molecule has 36 heavy (non-hydrogen) atoms. The molecular formula is C29H33NO5S. The fraction of sp³-hybridized carbons (Fsp3) is 0.448. The van der Waals surface area contributed by atoms with Gasteiger partial charge in [-0.15, -0.1) is 11.3 Å². The maximum atomic E-state index is 13.4. The van der Waals surface area contributed by atoms with Crippen molar-refractivity contribution in [1.29, 1.82) is 0 Å². The lowest BCUT2D eigenvalue weighted by Gasteiger charge is -2.31. The third-order valence-electron chi connectivity index (χ3n) is 7.72. The first-order valence-electron chi connectivity index (χ1n) is 12.8. The number of thiophene rings is 1. The first-order chi connectivity index (χ1) is 17.5. The molecule has 4 atom stereocenters. The van der Waals surface area contributed by atoms with E-state index in [0.717, 1.165) is 47.3 Å². The number of allylic oxidation sites excluding steroid dienone is 1. The molecule has 1 aromatic carbocycles. The lowest BCUT2D eigenvalue weighted by atomic mass is 9.69. The Kier molecular flexibility index (Phi) is 7.42. The summed E-state index contributed by atoms with van der Waals surface area (Å²) in [6, 6.07) is 11.1. The fourth-order valence-corrected chi connectivity index (χ4v) is 6.85. The highest BCUT2D eigenvalue weighted by molar-refractivity contribution is 7.09. The van der Waals surface area contributed by atoms with Crippen molar-refractivity contribution >= 4 is 29.2 Å². The number of hydrogen-bond acceptors (Lipinski definition) is 6. The number of phenolic OH excluding ortho intramolecular Hbond substituents is 1. The van der Waals surface area contributed by atoms with Crippen LogP contribution in [0, 0.1) is 17.8 Å². The molecule has 0 bridgehead atoms. The van der Waals surface area contributed by atoms with Gasteiger partial charge in [-0.1, -0.05) is 43.2 Å². The predicted octanol–water partition coefficient (Wildman–Crippen LogP) is 4.93. The van der Waals surface area contributed by atoms with Crippen LogP contribution >= 0.6 is 11.3 Å². The lowest BCUT2D eigenvalue weighted by Crippen LogP contribution is -2.34. The Bertz CT molecular complexity index is 1180. The summed E-state index contributed by atoms with van der Waals surface area (Å²) in [7, 11) is 0. The van der Waals surface area contributed by atoms with Crippen LogP contribution in [0.15, 0.2) is 58.5 Å². The second kappa shape index (κ2) is 10.7. The Balaban J connectivity index is 1.34. The van der Waals surface area contributed by atoms with E-state index in [-0.39, 0.29) is 36.2 Å². The number of fused-ring (bicyclic) bond motifs is 3. The van der Waals surface area contributed by atoms with Crippen LogP contribution in [0.1, 0.15) is 49.5 Å². The fourth-order valence-electron chi connectivity index (χ4n) is 6.16. The number of phenols is 1. The average molecular weight is 508 g/mol. The lowest BCUT2D eigenvalue weighted by molar-refractivity contribution is -0.140. The van der Waals surface area contributed by atoms with Gasteiger partial charge in [0.05, 0.1) is 37.7 Å². The smallest absolute Gasteiger partial charge is 0.234 e. The van der Waals surface area contributed by atoms with E-state index in [2.05, 4.69) is 13.0 Å². The third kappa shape index (κ3) is 4.80.